The van der Waals surface area contributed by atoms with Gasteiger partial charge in [0.05, 0.1) is 6.54 Å². The number of hydrogen-bond donors (Lipinski definition) is 1. The average Bonchev–Trinajstić information content (AvgIpc) is 2.65. The minimum atomic E-state index is 0.129. The van der Waals surface area contributed by atoms with Gasteiger partial charge in [0.15, 0.2) is 5.78 Å². The Morgan fingerprint density at radius 2 is 2.33 bits per heavy atom. The highest BCUT2D eigenvalue weighted by molar-refractivity contribution is 5.80. The van der Waals surface area contributed by atoms with Crippen molar-refractivity contribution in [2.24, 2.45) is 5.92 Å². The van der Waals surface area contributed by atoms with Gasteiger partial charge in [0.1, 0.15) is 5.82 Å². The van der Waals surface area contributed by atoms with Crippen molar-refractivity contribution in [2.75, 3.05) is 18.9 Å². The van der Waals surface area contributed by atoms with Crippen LogP contribution in [0.4, 0.5) is 5.82 Å². The van der Waals surface area contributed by atoms with E-state index in [1.165, 1.54) is 0 Å². The number of nitrogen functional groups attached to an aromatic ring is 1. The molecule has 0 atom stereocenters. The van der Waals surface area contributed by atoms with E-state index in [-0.39, 0.29) is 11.7 Å². The Bertz CT molecular complexity index is 342. The van der Waals surface area contributed by atoms with Gasteiger partial charge < -0.3 is 10.5 Å². The molecule has 15 heavy (non-hydrogen) atoms. The molecule has 1 aromatic heterocycles. The molecular formula is C10H15N3O2. The largest absolute Gasteiger partial charge is 0.382 e. The molecule has 0 spiro atoms. The summed E-state index contributed by atoms with van der Waals surface area (Å²) in [5, 5.41) is 3.99. The Hall–Kier alpha value is -1.36. The maximum atomic E-state index is 11.8. The summed E-state index contributed by atoms with van der Waals surface area (Å²) in [6, 6.07) is 1.69. The van der Waals surface area contributed by atoms with Crippen LogP contribution in [0.3, 0.4) is 0 Å². The van der Waals surface area contributed by atoms with Crippen LogP contribution < -0.4 is 5.73 Å². The Labute approximate surface area is 88.2 Å². The number of Topliss-reactive ketones (excluding diaryl/α,β-unsaturated/α-hetero) is 1. The van der Waals surface area contributed by atoms with Crippen LogP contribution in [-0.4, -0.2) is 28.8 Å². The Morgan fingerprint density at radius 1 is 1.60 bits per heavy atom. The number of aromatic nitrogens is 2. The molecule has 5 nitrogen and oxygen atoms in total. The lowest BCUT2D eigenvalue weighted by Crippen LogP contribution is -2.26. The van der Waals surface area contributed by atoms with Gasteiger partial charge in [-0.25, -0.2) is 0 Å². The summed E-state index contributed by atoms with van der Waals surface area (Å²) in [7, 11) is 0. The smallest absolute Gasteiger partial charge is 0.157 e. The van der Waals surface area contributed by atoms with Gasteiger partial charge in [0.25, 0.3) is 0 Å². The molecule has 0 radical (unpaired) electrons. The zero-order valence-electron chi connectivity index (χ0n) is 8.56. The lowest BCUT2D eigenvalue weighted by Gasteiger charge is -2.20. The number of carbonyl (C=O) groups excluding carboxylic acids is 1. The number of ketones is 1. The van der Waals surface area contributed by atoms with Crippen LogP contribution in [0, 0.1) is 5.92 Å². The van der Waals surface area contributed by atoms with Crippen molar-refractivity contribution in [1.29, 1.82) is 0 Å². The first-order chi connectivity index (χ1) is 7.25. The van der Waals surface area contributed by atoms with Crippen molar-refractivity contribution in [3.8, 4) is 0 Å². The third kappa shape index (κ3) is 2.56. The molecule has 0 unspecified atom stereocenters. The monoisotopic (exact) mass is 209 g/mol. The van der Waals surface area contributed by atoms with Gasteiger partial charge in [0.2, 0.25) is 0 Å². The van der Waals surface area contributed by atoms with Gasteiger partial charge in [-0.2, -0.15) is 5.10 Å². The first-order valence-electron chi connectivity index (χ1n) is 5.15. The third-order valence-corrected chi connectivity index (χ3v) is 2.66. The van der Waals surface area contributed by atoms with Gasteiger partial charge in [-0.15, -0.1) is 0 Å². The first kappa shape index (κ1) is 10.2. The maximum Gasteiger partial charge on any atom is 0.157 e. The van der Waals surface area contributed by atoms with Crippen LogP contribution in [0.25, 0.3) is 0 Å². The number of nitrogens with two attached hydrogens (primary N) is 1. The quantitative estimate of drug-likeness (QED) is 0.785. The molecule has 2 N–H and O–H groups in total. The van der Waals surface area contributed by atoms with E-state index in [0.717, 1.165) is 12.8 Å². The Kier molecular flexibility index (Phi) is 3.01. The molecule has 1 fully saturated rings. The minimum Gasteiger partial charge on any atom is -0.382 e. The molecule has 1 aromatic rings. The second-order valence-corrected chi connectivity index (χ2v) is 3.79. The number of hydrogen-bond acceptors (Lipinski definition) is 4. The standard InChI is InChI=1S/C10H15N3O2/c11-10-1-4-13(12-10)7-9(14)8-2-5-15-6-3-8/h1,4,8H,2-3,5-7H2,(H2,11,12). The van der Waals surface area contributed by atoms with E-state index in [4.69, 9.17) is 10.5 Å². The predicted octanol–water partition coefficient (Wildman–Crippen LogP) is 0.461. The zero-order chi connectivity index (χ0) is 10.7. The van der Waals surface area contributed by atoms with Crippen LogP contribution in [-0.2, 0) is 16.1 Å². The number of anilines is 1. The van der Waals surface area contributed by atoms with Crippen LogP contribution in [0.1, 0.15) is 12.8 Å². The summed E-state index contributed by atoms with van der Waals surface area (Å²) in [5.41, 5.74) is 5.47. The highest BCUT2D eigenvalue weighted by Gasteiger charge is 2.21. The van der Waals surface area contributed by atoms with Crippen LogP contribution in [0.5, 0.6) is 0 Å². The van der Waals surface area contributed by atoms with Crippen molar-refractivity contribution in [3.63, 3.8) is 0 Å². The molecule has 0 aliphatic carbocycles. The van der Waals surface area contributed by atoms with Gasteiger partial charge in [-0.05, 0) is 18.9 Å². The highest BCUT2D eigenvalue weighted by atomic mass is 16.5. The van der Waals surface area contributed by atoms with Gasteiger partial charge in [0, 0.05) is 25.3 Å². The summed E-state index contributed by atoms with van der Waals surface area (Å²) >= 11 is 0. The van der Waals surface area contributed by atoms with E-state index in [1.54, 1.807) is 16.9 Å². The van der Waals surface area contributed by atoms with Gasteiger partial charge in [-0.1, -0.05) is 0 Å². The van der Waals surface area contributed by atoms with Crippen LogP contribution >= 0.6 is 0 Å². The summed E-state index contributed by atoms with van der Waals surface area (Å²) in [6.45, 7) is 1.71. The molecule has 0 saturated carbocycles. The van der Waals surface area contributed by atoms with Gasteiger partial charge >= 0.3 is 0 Å². The number of ether oxygens (including phenoxy) is 1. The molecule has 1 aliphatic heterocycles. The molecule has 1 aliphatic rings. The third-order valence-electron chi connectivity index (χ3n) is 2.66. The van der Waals surface area contributed by atoms with Gasteiger partial charge in [-0.3, -0.25) is 9.48 Å². The lowest BCUT2D eigenvalue weighted by molar-refractivity contribution is -0.126. The molecule has 2 heterocycles. The fourth-order valence-corrected chi connectivity index (χ4v) is 1.77. The zero-order valence-corrected chi connectivity index (χ0v) is 8.56. The van der Waals surface area contributed by atoms with Crippen molar-refractivity contribution >= 4 is 11.6 Å². The fraction of sp³-hybridized carbons (Fsp3) is 0.600. The van der Waals surface area contributed by atoms with Crippen molar-refractivity contribution in [3.05, 3.63) is 12.3 Å². The molecule has 5 heteroatoms. The molecule has 0 amide bonds. The molecule has 1 saturated heterocycles. The molecule has 0 aromatic carbocycles. The average molecular weight is 209 g/mol. The Balaban J connectivity index is 1.91. The maximum absolute atomic E-state index is 11.8. The topological polar surface area (TPSA) is 70.1 Å². The lowest BCUT2D eigenvalue weighted by atomic mass is 9.95. The number of carbonyl (C=O) groups is 1. The number of rotatable bonds is 3. The molecule has 82 valence electrons. The van der Waals surface area contributed by atoms with E-state index in [0.29, 0.717) is 25.6 Å². The molecule has 0 bridgehead atoms. The molecular weight excluding hydrogens is 194 g/mol. The fourth-order valence-electron chi connectivity index (χ4n) is 1.77. The first-order valence-corrected chi connectivity index (χ1v) is 5.15. The second kappa shape index (κ2) is 4.44. The summed E-state index contributed by atoms with van der Waals surface area (Å²) < 4.78 is 6.80. The van der Waals surface area contributed by atoms with Crippen LogP contribution in [0.2, 0.25) is 0 Å². The van der Waals surface area contributed by atoms with E-state index in [9.17, 15) is 4.79 Å². The van der Waals surface area contributed by atoms with Crippen molar-refractivity contribution in [2.45, 2.75) is 19.4 Å². The van der Waals surface area contributed by atoms with Crippen molar-refractivity contribution < 1.29 is 9.53 Å². The van der Waals surface area contributed by atoms with E-state index < -0.39 is 0 Å². The van der Waals surface area contributed by atoms with Crippen LogP contribution in [0.15, 0.2) is 12.3 Å². The number of nitrogens with zero attached hydrogens (tertiary/aromatic N) is 2. The second-order valence-electron chi connectivity index (χ2n) is 3.79. The van der Waals surface area contributed by atoms with Crippen molar-refractivity contribution in [1.82, 2.24) is 9.78 Å². The SMILES string of the molecule is Nc1ccn(CC(=O)C2CCOCC2)n1. The summed E-state index contributed by atoms with van der Waals surface area (Å²) in [5.74, 6) is 0.806. The summed E-state index contributed by atoms with van der Waals surface area (Å²) in [4.78, 5) is 11.8. The molecule has 2 rings (SSSR count). The highest BCUT2D eigenvalue weighted by Crippen LogP contribution is 2.16. The Morgan fingerprint density at radius 3 is 2.93 bits per heavy atom. The normalized spacial score (nSPS) is 17.9. The van der Waals surface area contributed by atoms with E-state index in [1.807, 2.05) is 0 Å². The minimum absolute atomic E-state index is 0.129. The predicted molar refractivity (Wildman–Crippen MR) is 55.2 cm³/mol. The summed E-state index contributed by atoms with van der Waals surface area (Å²) in [6.07, 6.45) is 3.39. The van der Waals surface area contributed by atoms with E-state index >= 15 is 0 Å². The van der Waals surface area contributed by atoms with E-state index in [2.05, 4.69) is 5.10 Å².